The number of carbonyl (C=O) groups is 1. The monoisotopic (exact) mass is 454 g/mol. The van der Waals surface area contributed by atoms with E-state index in [1.807, 2.05) is 0 Å². The van der Waals surface area contributed by atoms with E-state index < -0.39 is 28.1 Å². The highest BCUT2D eigenvalue weighted by Crippen LogP contribution is 2.38. The van der Waals surface area contributed by atoms with Crippen molar-refractivity contribution in [1.82, 2.24) is 5.16 Å². The molecule has 0 unspecified atom stereocenters. The summed E-state index contributed by atoms with van der Waals surface area (Å²) in [7, 11) is 0. The fraction of sp³-hybridized carbons (Fsp3) is 0.125. The van der Waals surface area contributed by atoms with Gasteiger partial charge in [-0.1, -0.05) is 57.6 Å². The summed E-state index contributed by atoms with van der Waals surface area (Å²) < 4.78 is 36.5. The van der Waals surface area contributed by atoms with Gasteiger partial charge >= 0.3 is 6.09 Å². The number of ether oxygens (including phenoxy) is 1. The molecule has 0 atom stereocenters. The number of nitrogens with zero attached hydrogens (tertiary/aromatic N) is 1. The summed E-state index contributed by atoms with van der Waals surface area (Å²) in [5, 5.41) is 6.23. The minimum Gasteiger partial charge on any atom is -0.445 e. The maximum Gasteiger partial charge on any atom is 0.413 e. The third kappa shape index (κ3) is 4.55. The van der Waals surface area contributed by atoms with E-state index in [0.29, 0.717) is 0 Å². The van der Waals surface area contributed by atoms with Gasteiger partial charge < -0.3 is 9.26 Å². The highest BCUT2D eigenvalue weighted by atomic mass is 35.6. The maximum atomic E-state index is 14.3. The minimum absolute atomic E-state index is 0.0334. The lowest BCUT2D eigenvalue weighted by Crippen LogP contribution is -2.21. The summed E-state index contributed by atoms with van der Waals surface area (Å²) in [6.45, 7) is -0.528. The first-order valence-corrected chi connectivity index (χ1v) is 8.71. The third-order valence-corrected chi connectivity index (χ3v) is 3.90. The lowest BCUT2D eigenvalue weighted by Gasteiger charge is -2.12. The molecular formula is C16H8Cl4F2N2O3. The molecule has 0 fully saturated rings. The van der Waals surface area contributed by atoms with Gasteiger partial charge in [0.2, 0.25) is 3.79 Å². The van der Waals surface area contributed by atoms with Gasteiger partial charge in [0.05, 0.1) is 10.9 Å². The Hall–Kier alpha value is -1.80. The van der Waals surface area contributed by atoms with Crippen molar-refractivity contribution in [1.29, 1.82) is 0 Å². The first kappa shape index (κ1) is 19.9. The second-order valence-electron chi connectivity index (χ2n) is 5.27. The number of benzene rings is 2. The van der Waals surface area contributed by atoms with Crippen LogP contribution in [0.3, 0.4) is 0 Å². The van der Waals surface area contributed by atoms with Gasteiger partial charge in [-0.05, 0) is 18.2 Å². The number of hydrogen-bond donors (Lipinski definition) is 1. The van der Waals surface area contributed by atoms with Crippen LogP contribution in [0.2, 0.25) is 5.02 Å². The van der Waals surface area contributed by atoms with E-state index in [0.717, 1.165) is 12.1 Å². The van der Waals surface area contributed by atoms with Crippen molar-refractivity contribution in [3.8, 4) is 11.1 Å². The molecule has 27 heavy (non-hydrogen) atoms. The van der Waals surface area contributed by atoms with Gasteiger partial charge in [-0.3, -0.25) is 5.32 Å². The van der Waals surface area contributed by atoms with E-state index in [1.54, 1.807) is 0 Å². The standard InChI is InChI=1S/C16H8Cl4F2N2O3/c17-7-4-8(12-9(21)2-1-3-10(12)22)13-11(5-7)27-24-14(13)23-15(25)26-6-16(18,19)20/h1-5H,6H2,(H,23,24,25). The average molecular weight is 456 g/mol. The van der Waals surface area contributed by atoms with Crippen LogP contribution >= 0.6 is 46.4 Å². The zero-order chi connectivity index (χ0) is 19.8. The Morgan fingerprint density at radius 2 is 1.89 bits per heavy atom. The van der Waals surface area contributed by atoms with Gasteiger partial charge in [0.25, 0.3) is 0 Å². The van der Waals surface area contributed by atoms with Gasteiger partial charge in [-0.15, -0.1) is 0 Å². The Bertz CT molecular complexity index is 1000. The van der Waals surface area contributed by atoms with Crippen LogP contribution in [-0.2, 0) is 4.74 Å². The fourth-order valence-electron chi connectivity index (χ4n) is 2.36. The maximum absolute atomic E-state index is 14.3. The van der Waals surface area contributed by atoms with E-state index in [1.165, 1.54) is 18.2 Å². The highest BCUT2D eigenvalue weighted by Gasteiger charge is 2.24. The normalized spacial score (nSPS) is 11.6. The van der Waals surface area contributed by atoms with Crippen LogP contribution in [0.4, 0.5) is 19.4 Å². The number of nitrogens with one attached hydrogen (secondary N) is 1. The molecule has 1 heterocycles. The Kier molecular flexibility index (Phi) is 5.67. The summed E-state index contributed by atoms with van der Waals surface area (Å²) in [4.78, 5) is 11.9. The van der Waals surface area contributed by atoms with E-state index in [9.17, 15) is 13.6 Å². The molecule has 0 bridgehead atoms. The van der Waals surface area contributed by atoms with Crippen LogP contribution in [0.5, 0.6) is 0 Å². The van der Waals surface area contributed by atoms with Crippen molar-refractivity contribution in [2.24, 2.45) is 0 Å². The molecule has 1 aromatic heterocycles. The Morgan fingerprint density at radius 1 is 1.22 bits per heavy atom. The molecule has 3 aromatic rings. The van der Waals surface area contributed by atoms with E-state index in [4.69, 9.17) is 55.7 Å². The molecule has 0 aliphatic heterocycles. The predicted octanol–water partition coefficient (Wildman–Crippen LogP) is 6.35. The van der Waals surface area contributed by atoms with Crippen LogP contribution in [0.25, 0.3) is 22.1 Å². The average Bonchev–Trinajstić information content (AvgIpc) is 2.94. The molecule has 3 rings (SSSR count). The van der Waals surface area contributed by atoms with Gasteiger partial charge in [0.1, 0.15) is 18.2 Å². The van der Waals surface area contributed by atoms with Crippen LogP contribution in [0.15, 0.2) is 34.9 Å². The van der Waals surface area contributed by atoms with Crippen molar-refractivity contribution in [3.05, 3.63) is 47.0 Å². The first-order valence-electron chi connectivity index (χ1n) is 7.19. The molecule has 5 nitrogen and oxygen atoms in total. The Balaban J connectivity index is 2.05. The third-order valence-electron chi connectivity index (χ3n) is 3.36. The first-order chi connectivity index (χ1) is 12.7. The summed E-state index contributed by atoms with van der Waals surface area (Å²) in [5.41, 5.74) is -0.228. The molecule has 0 saturated heterocycles. The second-order valence-corrected chi connectivity index (χ2v) is 8.22. The molecule has 11 heteroatoms. The molecule has 2 aromatic carbocycles. The fourth-order valence-corrected chi connectivity index (χ4v) is 2.73. The largest absolute Gasteiger partial charge is 0.445 e. The SMILES string of the molecule is O=C(Nc1noc2cc(Cl)cc(-c3c(F)cccc3F)c12)OCC(Cl)(Cl)Cl. The lowest BCUT2D eigenvalue weighted by molar-refractivity contribution is 0.163. The molecule has 0 radical (unpaired) electrons. The van der Waals surface area contributed by atoms with Crippen LogP contribution in [0.1, 0.15) is 0 Å². The van der Waals surface area contributed by atoms with E-state index in [2.05, 4.69) is 10.5 Å². The van der Waals surface area contributed by atoms with Crippen LogP contribution < -0.4 is 5.32 Å². The van der Waals surface area contributed by atoms with Gasteiger partial charge in [0, 0.05) is 16.7 Å². The van der Waals surface area contributed by atoms with E-state index >= 15 is 0 Å². The molecular weight excluding hydrogens is 448 g/mol. The zero-order valence-electron chi connectivity index (χ0n) is 13.0. The second kappa shape index (κ2) is 7.67. The molecule has 1 N–H and O–H groups in total. The summed E-state index contributed by atoms with van der Waals surface area (Å²) in [6.07, 6.45) is -1.01. The number of anilines is 1. The summed E-state index contributed by atoms with van der Waals surface area (Å²) in [6, 6.07) is 6.09. The number of alkyl halides is 3. The van der Waals surface area contributed by atoms with Crippen molar-refractivity contribution in [2.45, 2.75) is 3.79 Å². The number of amides is 1. The van der Waals surface area contributed by atoms with Crippen molar-refractivity contribution >= 4 is 69.3 Å². The van der Waals surface area contributed by atoms with Crippen molar-refractivity contribution in [2.75, 3.05) is 11.9 Å². The number of carbonyl (C=O) groups excluding carboxylic acids is 1. The lowest BCUT2D eigenvalue weighted by atomic mass is 10.0. The summed E-state index contributed by atoms with van der Waals surface area (Å²) in [5.74, 6) is -1.80. The Labute approximate surface area is 171 Å². The molecule has 0 spiro atoms. The van der Waals surface area contributed by atoms with Crippen LogP contribution in [0, 0.1) is 11.6 Å². The van der Waals surface area contributed by atoms with Gasteiger partial charge in [-0.25, -0.2) is 13.6 Å². The molecule has 142 valence electrons. The Morgan fingerprint density at radius 3 is 2.52 bits per heavy atom. The molecule has 1 amide bonds. The topological polar surface area (TPSA) is 64.4 Å². The van der Waals surface area contributed by atoms with Crippen LogP contribution in [-0.4, -0.2) is 21.6 Å². The molecule has 0 aliphatic rings. The smallest absolute Gasteiger partial charge is 0.413 e. The summed E-state index contributed by atoms with van der Waals surface area (Å²) >= 11 is 22.5. The minimum atomic E-state index is -1.81. The number of halogens is 6. The van der Waals surface area contributed by atoms with Gasteiger partial charge in [0.15, 0.2) is 11.4 Å². The quantitative estimate of drug-likeness (QED) is 0.467. The number of hydrogen-bond acceptors (Lipinski definition) is 4. The number of fused-ring (bicyclic) bond motifs is 1. The van der Waals surface area contributed by atoms with Crippen molar-refractivity contribution in [3.63, 3.8) is 0 Å². The molecule has 0 aliphatic carbocycles. The zero-order valence-corrected chi connectivity index (χ0v) is 16.1. The number of rotatable bonds is 3. The predicted molar refractivity (Wildman–Crippen MR) is 99.6 cm³/mol. The molecule has 0 saturated carbocycles. The van der Waals surface area contributed by atoms with E-state index in [-0.39, 0.29) is 32.9 Å². The van der Waals surface area contributed by atoms with Gasteiger partial charge in [-0.2, -0.15) is 0 Å². The number of aromatic nitrogens is 1. The highest BCUT2D eigenvalue weighted by molar-refractivity contribution is 6.67. The van der Waals surface area contributed by atoms with Crippen molar-refractivity contribution < 1.29 is 22.8 Å².